The van der Waals surface area contributed by atoms with Gasteiger partial charge in [0, 0.05) is 30.9 Å². The summed E-state index contributed by atoms with van der Waals surface area (Å²) >= 11 is 0. The Morgan fingerprint density at radius 1 is 1.11 bits per heavy atom. The van der Waals surface area contributed by atoms with Gasteiger partial charge < -0.3 is 15.0 Å². The van der Waals surface area contributed by atoms with Crippen LogP contribution in [0.25, 0.3) is 5.82 Å². The summed E-state index contributed by atoms with van der Waals surface area (Å²) in [5, 5.41) is 7.29. The molecule has 2 N–H and O–H groups in total. The van der Waals surface area contributed by atoms with E-state index in [2.05, 4.69) is 34.0 Å². The number of anilines is 2. The lowest BCUT2D eigenvalue weighted by Crippen LogP contribution is -2.41. The minimum absolute atomic E-state index is 0.0194. The van der Waals surface area contributed by atoms with Gasteiger partial charge in [0.05, 0.1) is 17.6 Å². The van der Waals surface area contributed by atoms with E-state index < -0.39 is 33.1 Å². The summed E-state index contributed by atoms with van der Waals surface area (Å²) in [5.41, 5.74) is -1.88. The fourth-order valence-corrected chi connectivity index (χ4v) is 7.06. The maximum absolute atomic E-state index is 13.5. The van der Waals surface area contributed by atoms with Crippen molar-refractivity contribution < 1.29 is 31.1 Å². The summed E-state index contributed by atoms with van der Waals surface area (Å²) in [7, 11) is -4.28. The lowest BCUT2D eigenvalue weighted by molar-refractivity contribution is -0.189. The van der Waals surface area contributed by atoms with Crippen molar-refractivity contribution >= 4 is 27.6 Å². The zero-order valence-electron chi connectivity index (χ0n) is 24.4. The summed E-state index contributed by atoms with van der Waals surface area (Å²) in [5.74, 6) is 0.747. The Bertz CT molecular complexity index is 1670. The van der Waals surface area contributed by atoms with Gasteiger partial charge in [-0.15, -0.1) is 5.10 Å². The molecule has 1 amide bonds. The SMILES string of the molecule is CC1(C)CC2CCNc3cccc(n3)S(=O)(=O)NC(=O)c3ccc(-n4ccc(OCCCC5(C(F)(F)F)CC5)n4)nc3N1C2. The minimum atomic E-state index is -4.28. The van der Waals surface area contributed by atoms with E-state index in [-0.39, 0.29) is 54.7 Å². The molecular weight excluding hydrogens is 599 g/mol. The molecule has 1 unspecified atom stereocenters. The van der Waals surface area contributed by atoms with E-state index in [1.54, 1.807) is 30.5 Å². The molecule has 3 aliphatic rings. The fourth-order valence-electron chi connectivity index (χ4n) is 6.12. The second-order valence-corrected chi connectivity index (χ2v) is 14.0. The molecular formula is C29H34F3N7O4S. The molecule has 0 radical (unpaired) electrons. The van der Waals surface area contributed by atoms with Crippen molar-refractivity contribution in [2.24, 2.45) is 11.3 Å². The van der Waals surface area contributed by atoms with Crippen LogP contribution in [0.4, 0.5) is 24.8 Å². The number of pyridine rings is 2. The van der Waals surface area contributed by atoms with Crippen LogP contribution in [0.1, 0.15) is 62.7 Å². The lowest BCUT2D eigenvalue weighted by Gasteiger charge is -2.34. The Morgan fingerprint density at radius 2 is 1.91 bits per heavy atom. The first-order chi connectivity index (χ1) is 20.8. The number of carbonyl (C=O) groups is 1. The van der Waals surface area contributed by atoms with E-state index in [1.807, 2.05) is 4.90 Å². The van der Waals surface area contributed by atoms with Gasteiger partial charge in [-0.2, -0.15) is 21.6 Å². The summed E-state index contributed by atoms with van der Waals surface area (Å²) in [6.07, 6.45) is -0.370. The number of fused-ring (bicyclic) bond motifs is 6. The van der Waals surface area contributed by atoms with Crippen molar-refractivity contribution in [2.75, 3.05) is 29.9 Å². The molecule has 1 aliphatic carbocycles. The third kappa shape index (κ3) is 5.93. The van der Waals surface area contributed by atoms with Crippen LogP contribution in [0.2, 0.25) is 0 Å². The van der Waals surface area contributed by atoms with Gasteiger partial charge in [0.25, 0.3) is 15.9 Å². The molecule has 5 heterocycles. The number of rotatable bonds is 6. The molecule has 1 saturated heterocycles. The van der Waals surface area contributed by atoms with Crippen LogP contribution in [0.5, 0.6) is 5.88 Å². The fraction of sp³-hybridized carbons (Fsp3) is 0.517. The van der Waals surface area contributed by atoms with E-state index in [0.29, 0.717) is 30.5 Å². The number of halogens is 3. The first-order valence-electron chi connectivity index (χ1n) is 14.6. The number of carbonyl (C=O) groups excluding carboxylic acids is 1. The van der Waals surface area contributed by atoms with Crippen LogP contribution >= 0.6 is 0 Å². The molecule has 0 spiro atoms. The lowest BCUT2D eigenvalue weighted by atomic mass is 9.94. The Kier molecular flexibility index (Phi) is 7.49. The van der Waals surface area contributed by atoms with E-state index in [1.165, 1.54) is 16.8 Å². The van der Waals surface area contributed by atoms with Gasteiger partial charge in [-0.1, -0.05) is 6.07 Å². The molecule has 2 aliphatic heterocycles. The third-order valence-electron chi connectivity index (χ3n) is 8.71. The molecule has 44 heavy (non-hydrogen) atoms. The molecule has 2 fully saturated rings. The highest BCUT2D eigenvalue weighted by atomic mass is 32.2. The van der Waals surface area contributed by atoms with Gasteiger partial charge in [0.15, 0.2) is 10.8 Å². The highest BCUT2D eigenvalue weighted by Crippen LogP contribution is 2.60. The highest BCUT2D eigenvalue weighted by Gasteiger charge is 2.62. The third-order valence-corrected chi connectivity index (χ3v) is 9.94. The Morgan fingerprint density at radius 3 is 2.66 bits per heavy atom. The number of nitrogens with zero attached hydrogens (tertiary/aromatic N) is 5. The summed E-state index contributed by atoms with van der Waals surface area (Å²) in [4.78, 5) is 24.5. The normalized spacial score (nSPS) is 21.9. The van der Waals surface area contributed by atoms with Crippen molar-refractivity contribution in [1.82, 2.24) is 24.5 Å². The summed E-state index contributed by atoms with van der Waals surface area (Å²) < 4.78 is 75.0. The van der Waals surface area contributed by atoms with Crippen molar-refractivity contribution in [1.29, 1.82) is 0 Å². The van der Waals surface area contributed by atoms with Crippen LogP contribution in [-0.4, -0.2) is 65.5 Å². The number of ether oxygens (including phenoxy) is 1. The van der Waals surface area contributed by atoms with Gasteiger partial charge in [0.1, 0.15) is 11.6 Å². The molecule has 11 nitrogen and oxygen atoms in total. The van der Waals surface area contributed by atoms with Gasteiger partial charge in [-0.25, -0.2) is 19.4 Å². The summed E-state index contributed by atoms with van der Waals surface area (Å²) in [6, 6.07) is 9.22. The number of hydrogen-bond acceptors (Lipinski definition) is 9. The van der Waals surface area contributed by atoms with Gasteiger partial charge >= 0.3 is 6.18 Å². The molecule has 1 atom stereocenters. The predicted octanol–water partition coefficient (Wildman–Crippen LogP) is 4.70. The monoisotopic (exact) mass is 633 g/mol. The molecule has 1 saturated carbocycles. The topological polar surface area (TPSA) is 131 Å². The first-order valence-corrected chi connectivity index (χ1v) is 16.1. The first kappa shape index (κ1) is 30.2. The summed E-state index contributed by atoms with van der Waals surface area (Å²) in [6.45, 7) is 5.39. The van der Waals surface area contributed by atoms with Crippen LogP contribution in [0.3, 0.4) is 0 Å². The smallest absolute Gasteiger partial charge is 0.394 e. The van der Waals surface area contributed by atoms with Crippen molar-refractivity contribution in [2.45, 2.75) is 69.1 Å². The molecule has 0 aromatic carbocycles. The van der Waals surface area contributed by atoms with E-state index in [4.69, 9.17) is 9.72 Å². The number of hydrogen-bond donors (Lipinski definition) is 2. The standard InChI is InChI=1S/C29H34F3N7O4S/c1-27(2)17-19-9-14-33-21-5-3-6-24(34-21)44(41,42)37-26(40)20-7-8-22(35-25(20)38(27)18-19)39-15-10-23(36-39)43-16-4-11-28(12-13-28)29(30,31)32/h3,5-8,10,15,19H,4,9,11-14,16-18H2,1-2H3,(H,33,34)(H,37,40). The van der Waals surface area contributed by atoms with Crippen LogP contribution in [0.15, 0.2) is 47.6 Å². The van der Waals surface area contributed by atoms with Crippen molar-refractivity contribution in [3.63, 3.8) is 0 Å². The highest BCUT2D eigenvalue weighted by molar-refractivity contribution is 7.90. The Labute approximate surface area is 253 Å². The quantitative estimate of drug-likeness (QED) is 0.371. The largest absolute Gasteiger partial charge is 0.477 e. The van der Waals surface area contributed by atoms with Gasteiger partial charge in [-0.3, -0.25) is 4.79 Å². The zero-order chi connectivity index (χ0) is 31.3. The number of alkyl halides is 3. The second kappa shape index (κ2) is 10.9. The Balaban J connectivity index is 1.26. The maximum atomic E-state index is 13.5. The number of aromatic nitrogens is 4. The minimum Gasteiger partial charge on any atom is -0.477 e. The van der Waals surface area contributed by atoms with Crippen LogP contribution in [-0.2, 0) is 10.0 Å². The molecule has 15 heteroatoms. The predicted molar refractivity (Wildman–Crippen MR) is 155 cm³/mol. The number of sulfonamides is 1. The van der Waals surface area contributed by atoms with E-state index in [9.17, 15) is 26.4 Å². The average molecular weight is 634 g/mol. The zero-order valence-corrected chi connectivity index (χ0v) is 25.2. The van der Waals surface area contributed by atoms with E-state index in [0.717, 1.165) is 12.8 Å². The molecule has 3 aromatic rings. The average Bonchev–Trinajstić information content (AvgIpc) is 3.51. The molecule has 4 bridgehead atoms. The van der Waals surface area contributed by atoms with Crippen LogP contribution < -0.4 is 19.7 Å². The maximum Gasteiger partial charge on any atom is 0.394 e. The van der Waals surface area contributed by atoms with Gasteiger partial charge in [0.2, 0.25) is 5.88 Å². The molecule has 6 rings (SSSR count). The number of amides is 1. The Hall–Kier alpha value is -3.88. The van der Waals surface area contributed by atoms with Crippen LogP contribution in [0, 0.1) is 11.3 Å². The second-order valence-electron chi connectivity index (χ2n) is 12.4. The van der Waals surface area contributed by atoms with Gasteiger partial charge in [-0.05, 0) is 82.6 Å². The molecule has 236 valence electrons. The van der Waals surface area contributed by atoms with Crippen molar-refractivity contribution in [3.05, 3.63) is 48.2 Å². The van der Waals surface area contributed by atoms with E-state index >= 15 is 0 Å². The van der Waals surface area contributed by atoms with Crippen molar-refractivity contribution in [3.8, 4) is 11.7 Å². The molecule has 3 aromatic heterocycles. The number of nitrogens with one attached hydrogen (secondary N) is 2.